The summed E-state index contributed by atoms with van der Waals surface area (Å²) >= 11 is 3.58. The van der Waals surface area contributed by atoms with Crippen molar-refractivity contribution in [1.82, 2.24) is 9.80 Å². The second-order valence-corrected chi connectivity index (χ2v) is 3.73. The van der Waals surface area contributed by atoms with E-state index in [0.717, 1.165) is 6.54 Å². The number of likely N-dealkylation sites (N-methyl/N-ethyl adjacent to an activating group) is 2. The van der Waals surface area contributed by atoms with Crippen LogP contribution in [0, 0.1) is 0 Å². The fraction of sp³-hybridized carbons (Fsp3) is 1.00. The Hall–Kier alpha value is 0.400. The summed E-state index contributed by atoms with van der Waals surface area (Å²) in [6, 6.07) is 0. The number of piperazine rings is 1. The summed E-state index contributed by atoms with van der Waals surface area (Å²) < 4.78 is 0. The minimum absolute atomic E-state index is 0.552. The number of halogens is 1. The molecule has 1 saturated heterocycles. The molecule has 1 atom stereocenters. The van der Waals surface area contributed by atoms with Crippen LogP contribution in [0.1, 0.15) is 0 Å². The number of rotatable bonds is 0. The molecule has 0 radical (unpaired) electrons. The summed E-state index contributed by atoms with van der Waals surface area (Å²) in [6.45, 7) is 3.50. The van der Waals surface area contributed by atoms with Gasteiger partial charge >= 0.3 is 0 Å². The molecule has 0 aromatic heterocycles. The van der Waals surface area contributed by atoms with Crippen molar-refractivity contribution in [2.45, 2.75) is 4.95 Å². The van der Waals surface area contributed by atoms with Gasteiger partial charge in [-0.25, -0.2) is 0 Å². The highest BCUT2D eigenvalue weighted by molar-refractivity contribution is 9.09. The van der Waals surface area contributed by atoms with Crippen LogP contribution in [0.3, 0.4) is 0 Å². The first-order chi connectivity index (χ1) is 4.20. The molecule has 0 spiro atoms. The first-order valence-corrected chi connectivity index (χ1v) is 4.14. The van der Waals surface area contributed by atoms with Crippen molar-refractivity contribution in [2.75, 3.05) is 33.7 Å². The van der Waals surface area contributed by atoms with E-state index >= 15 is 0 Å². The van der Waals surface area contributed by atoms with Gasteiger partial charge in [-0.2, -0.15) is 0 Å². The largest absolute Gasteiger partial charge is 0.303 e. The zero-order chi connectivity index (χ0) is 6.85. The summed E-state index contributed by atoms with van der Waals surface area (Å²) in [5.74, 6) is 0. The van der Waals surface area contributed by atoms with Gasteiger partial charge in [0, 0.05) is 19.6 Å². The molecular formula is C6H13BrN2. The van der Waals surface area contributed by atoms with Crippen LogP contribution in [0.4, 0.5) is 0 Å². The van der Waals surface area contributed by atoms with Gasteiger partial charge in [0.1, 0.15) is 0 Å². The normalized spacial score (nSPS) is 33.0. The van der Waals surface area contributed by atoms with E-state index in [4.69, 9.17) is 0 Å². The highest BCUT2D eigenvalue weighted by atomic mass is 79.9. The molecule has 0 aliphatic carbocycles. The molecule has 1 unspecified atom stereocenters. The molecule has 54 valence electrons. The molecule has 9 heavy (non-hydrogen) atoms. The Labute approximate surface area is 64.9 Å². The highest BCUT2D eigenvalue weighted by Gasteiger charge is 2.18. The lowest BCUT2D eigenvalue weighted by Crippen LogP contribution is -2.46. The quantitative estimate of drug-likeness (QED) is 0.410. The zero-order valence-corrected chi connectivity index (χ0v) is 7.56. The molecule has 0 saturated carbocycles. The fourth-order valence-electron chi connectivity index (χ4n) is 0.956. The molecule has 0 amide bonds. The minimum Gasteiger partial charge on any atom is -0.303 e. The van der Waals surface area contributed by atoms with Gasteiger partial charge in [0.2, 0.25) is 0 Å². The molecule has 1 heterocycles. The van der Waals surface area contributed by atoms with E-state index < -0.39 is 0 Å². The standard InChI is InChI=1S/C6H13BrN2/c1-8-3-4-9(2)6(7)5-8/h6H,3-5H2,1-2H3. The Kier molecular flexibility index (Phi) is 2.50. The van der Waals surface area contributed by atoms with Crippen molar-refractivity contribution < 1.29 is 0 Å². The lowest BCUT2D eigenvalue weighted by molar-refractivity contribution is 0.166. The number of hydrogen-bond donors (Lipinski definition) is 0. The molecule has 0 aromatic carbocycles. The van der Waals surface area contributed by atoms with Crippen LogP contribution < -0.4 is 0 Å². The SMILES string of the molecule is CN1CCN(C)C(Br)C1. The molecule has 0 aromatic rings. The van der Waals surface area contributed by atoms with Crippen LogP contribution >= 0.6 is 15.9 Å². The average molecular weight is 193 g/mol. The fourth-order valence-corrected chi connectivity index (χ4v) is 1.66. The topological polar surface area (TPSA) is 6.48 Å². The van der Waals surface area contributed by atoms with E-state index in [9.17, 15) is 0 Å². The van der Waals surface area contributed by atoms with Crippen molar-refractivity contribution in [1.29, 1.82) is 0 Å². The van der Waals surface area contributed by atoms with E-state index in [-0.39, 0.29) is 0 Å². The smallest absolute Gasteiger partial charge is 0.0782 e. The van der Waals surface area contributed by atoms with Gasteiger partial charge in [0.05, 0.1) is 4.95 Å². The zero-order valence-electron chi connectivity index (χ0n) is 5.97. The Balaban J connectivity index is 2.35. The maximum absolute atomic E-state index is 3.58. The van der Waals surface area contributed by atoms with Crippen molar-refractivity contribution in [2.24, 2.45) is 0 Å². The number of hydrogen-bond acceptors (Lipinski definition) is 2. The molecule has 1 rings (SSSR count). The number of nitrogens with zero attached hydrogens (tertiary/aromatic N) is 2. The maximum atomic E-state index is 3.58. The van der Waals surface area contributed by atoms with E-state index in [2.05, 4.69) is 39.8 Å². The van der Waals surface area contributed by atoms with E-state index in [1.807, 2.05) is 0 Å². The first-order valence-electron chi connectivity index (χ1n) is 3.23. The third-order valence-electron chi connectivity index (χ3n) is 1.78. The molecule has 1 aliphatic heterocycles. The lowest BCUT2D eigenvalue weighted by Gasteiger charge is -2.34. The van der Waals surface area contributed by atoms with Gasteiger partial charge in [0.15, 0.2) is 0 Å². The molecular weight excluding hydrogens is 180 g/mol. The van der Waals surface area contributed by atoms with E-state index in [1.54, 1.807) is 0 Å². The van der Waals surface area contributed by atoms with Gasteiger partial charge < -0.3 is 4.90 Å². The predicted octanol–water partition coefficient (Wildman–Crippen LogP) is 0.585. The molecule has 0 N–H and O–H groups in total. The summed E-state index contributed by atoms with van der Waals surface area (Å²) in [4.78, 5) is 5.20. The lowest BCUT2D eigenvalue weighted by atomic mass is 10.4. The maximum Gasteiger partial charge on any atom is 0.0782 e. The van der Waals surface area contributed by atoms with Gasteiger partial charge in [0.25, 0.3) is 0 Å². The summed E-state index contributed by atoms with van der Waals surface area (Å²) in [5, 5.41) is 0. The monoisotopic (exact) mass is 192 g/mol. The second-order valence-electron chi connectivity index (χ2n) is 2.68. The van der Waals surface area contributed by atoms with Crippen molar-refractivity contribution in [3.05, 3.63) is 0 Å². The van der Waals surface area contributed by atoms with Crippen LogP contribution in [-0.4, -0.2) is 48.5 Å². The third-order valence-corrected chi connectivity index (χ3v) is 2.76. The Morgan fingerprint density at radius 3 is 2.44 bits per heavy atom. The predicted molar refractivity (Wildman–Crippen MR) is 42.8 cm³/mol. The van der Waals surface area contributed by atoms with Crippen molar-refractivity contribution >= 4 is 15.9 Å². The molecule has 1 fully saturated rings. The van der Waals surface area contributed by atoms with Gasteiger partial charge in [-0.15, -0.1) is 0 Å². The van der Waals surface area contributed by atoms with E-state index in [1.165, 1.54) is 13.1 Å². The molecule has 0 bridgehead atoms. The Morgan fingerprint density at radius 1 is 1.33 bits per heavy atom. The molecule has 3 heteroatoms. The second kappa shape index (κ2) is 2.99. The average Bonchev–Trinajstić information content (AvgIpc) is 1.80. The van der Waals surface area contributed by atoms with Gasteiger partial charge in [-0.05, 0) is 14.1 Å². The molecule has 1 aliphatic rings. The van der Waals surface area contributed by atoms with Crippen molar-refractivity contribution in [3.8, 4) is 0 Å². The Bertz CT molecular complexity index is 97.1. The first kappa shape index (κ1) is 7.51. The van der Waals surface area contributed by atoms with Crippen LogP contribution in [0.2, 0.25) is 0 Å². The highest BCUT2D eigenvalue weighted by Crippen LogP contribution is 2.10. The molecule has 2 nitrogen and oxygen atoms in total. The summed E-state index contributed by atoms with van der Waals surface area (Å²) in [6.07, 6.45) is 0. The number of alkyl halides is 1. The van der Waals surface area contributed by atoms with Crippen LogP contribution in [0.25, 0.3) is 0 Å². The van der Waals surface area contributed by atoms with Crippen LogP contribution in [0.5, 0.6) is 0 Å². The van der Waals surface area contributed by atoms with Gasteiger partial charge in [-0.3, -0.25) is 4.90 Å². The summed E-state index contributed by atoms with van der Waals surface area (Å²) in [5.41, 5.74) is 0. The summed E-state index contributed by atoms with van der Waals surface area (Å²) in [7, 11) is 4.30. The van der Waals surface area contributed by atoms with Crippen LogP contribution in [-0.2, 0) is 0 Å². The van der Waals surface area contributed by atoms with Gasteiger partial charge in [-0.1, -0.05) is 15.9 Å². The van der Waals surface area contributed by atoms with Crippen molar-refractivity contribution in [3.63, 3.8) is 0 Å². The van der Waals surface area contributed by atoms with Crippen LogP contribution in [0.15, 0.2) is 0 Å². The minimum atomic E-state index is 0.552. The third kappa shape index (κ3) is 1.92. The van der Waals surface area contributed by atoms with E-state index in [0.29, 0.717) is 4.95 Å². The Morgan fingerprint density at radius 2 is 2.00 bits per heavy atom.